The van der Waals surface area contributed by atoms with Crippen LogP contribution < -0.4 is 5.32 Å². The Morgan fingerprint density at radius 2 is 2.38 bits per heavy atom. The maximum Gasteiger partial charge on any atom is 0.0489 e. The van der Waals surface area contributed by atoms with Crippen LogP contribution in [0.25, 0.3) is 0 Å². The van der Waals surface area contributed by atoms with Crippen molar-refractivity contribution in [2.45, 2.75) is 51.6 Å². The van der Waals surface area contributed by atoms with Crippen LogP contribution in [0.3, 0.4) is 0 Å². The minimum Gasteiger partial charge on any atom is -0.314 e. The van der Waals surface area contributed by atoms with Gasteiger partial charge in [0.15, 0.2) is 0 Å². The number of nitrogens with one attached hydrogen (secondary N) is 1. The van der Waals surface area contributed by atoms with Crippen LogP contribution in [0.15, 0.2) is 18.5 Å². The first-order chi connectivity index (χ1) is 7.84. The summed E-state index contributed by atoms with van der Waals surface area (Å²) in [6.07, 6.45) is 10.6. The summed E-state index contributed by atoms with van der Waals surface area (Å²) in [7, 11) is 0. The molecule has 0 aromatic carbocycles. The van der Waals surface area contributed by atoms with E-state index in [0.717, 1.165) is 25.0 Å². The number of hydrogen-bond donors (Lipinski definition) is 1. The summed E-state index contributed by atoms with van der Waals surface area (Å²) in [5.41, 5.74) is 0. The van der Waals surface area contributed by atoms with Gasteiger partial charge >= 0.3 is 0 Å². The Morgan fingerprint density at radius 3 is 3.12 bits per heavy atom. The number of hydrogen-bond acceptors (Lipinski definition) is 2. The Kier molecular flexibility index (Phi) is 4.40. The van der Waals surface area contributed by atoms with Crippen molar-refractivity contribution in [3.63, 3.8) is 0 Å². The molecular formula is C13H23N3. The average molecular weight is 221 g/mol. The maximum absolute atomic E-state index is 4.20. The fourth-order valence-electron chi connectivity index (χ4n) is 2.60. The predicted molar refractivity (Wildman–Crippen MR) is 66.3 cm³/mol. The van der Waals surface area contributed by atoms with E-state index in [1.807, 2.05) is 23.1 Å². The van der Waals surface area contributed by atoms with Crippen LogP contribution in [-0.2, 0) is 6.54 Å². The molecule has 1 aliphatic rings. The Labute approximate surface area is 98.2 Å². The van der Waals surface area contributed by atoms with E-state index in [0.29, 0.717) is 0 Å². The highest BCUT2D eigenvalue weighted by Crippen LogP contribution is 2.23. The third-order valence-electron chi connectivity index (χ3n) is 3.49. The van der Waals surface area contributed by atoms with Gasteiger partial charge in [0.25, 0.3) is 0 Å². The summed E-state index contributed by atoms with van der Waals surface area (Å²) in [6.45, 7) is 4.52. The molecule has 2 atom stereocenters. The molecule has 1 heterocycles. The van der Waals surface area contributed by atoms with E-state index < -0.39 is 0 Å². The van der Waals surface area contributed by atoms with Gasteiger partial charge in [-0.2, -0.15) is 5.10 Å². The summed E-state index contributed by atoms with van der Waals surface area (Å²) < 4.78 is 2.01. The van der Waals surface area contributed by atoms with E-state index in [1.54, 1.807) is 0 Å². The molecular weight excluding hydrogens is 198 g/mol. The van der Waals surface area contributed by atoms with E-state index in [9.17, 15) is 0 Å². The molecule has 1 saturated carbocycles. The second kappa shape index (κ2) is 6.04. The van der Waals surface area contributed by atoms with Gasteiger partial charge in [0.1, 0.15) is 0 Å². The Balaban J connectivity index is 1.57. The smallest absolute Gasteiger partial charge is 0.0489 e. The van der Waals surface area contributed by atoms with Crippen LogP contribution in [0.1, 0.15) is 39.0 Å². The van der Waals surface area contributed by atoms with Crippen molar-refractivity contribution in [2.24, 2.45) is 5.92 Å². The highest BCUT2D eigenvalue weighted by Gasteiger charge is 2.17. The average Bonchev–Trinajstić information content (AvgIpc) is 2.77. The molecule has 0 radical (unpaired) electrons. The Morgan fingerprint density at radius 1 is 1.44 bits per heavy atom. The molecule has 16 heavy (non-hydrogen) atoms. The van der Waals surface area contributed by atoms with Crippen LogP contribution in [0.2, 0.25) is 0 Å². The van der Waals surface area contributed by atoms with Crippen LogP contribution in [-0.4, -0.2) is 22.4 Å². The van der Waals surface area contributed by atoms with Gasteiger partial charge in [0, 0.05) is 25.0 Å². The van der Waals surface area contributed by atoms with Crippen molar-refractivity contribution in [1.82, 2.24) is 15.1 Å². The molecule has 0 spiro atoms. The van der Waals surface area contributed by atoms with Gasteiger partial charge < -0.3 is 5.32 Å². The van der Waals surface area contributed by atoms with Gasteiger partial charge in [0.05, 0.1) is 0 Å². The molecule has 1 N–H and O–H groups in total. The number of aromatic nitrogens is 2. The van der Waals surface area contributed by atoms with Crippen LogP contribution in [0.5, 0.6) is 0 Å². The SMILES string of the molecule is CC1CCCC(NCCCn2cccn2)C1. The first-order valence-corrected chi connectivity index (χ1v) is 6.55. The second-order valence-corrected chi connectivity index (χ2v) is 5.05. The van der Waals surface area contributed by atoms with E-state index in [-0.39, 0.29) is 0 Å². The number of aryl methyl sites for hydroxylation is 1. The fourth-order valence-corrected chi connectivity index (χ4v) is 2.60. The van der Waals surface area contributed by atoms with Gasteiger partial charge in [-0.15, -0.1) is 0 Å². The fraction of sp³-hybridized carbons (Fsp3) is 0.769. The number of rotatable bonds is 5. The lowest BCUT2D eigenvalue weighted by molar-refractivity contribution is 0.299. The molecule has 1 fully saturated rings. The highest BCUT2D eigenvalue weighted by molar-refractivity contribution is 4.78. The minimum atomic E-state index is 0.765. The second-order valence-electron chi connectivity index (χ2n) is 5.05. The Hall–Kier alpha value is -0.830. The number of nitrogens with zero attached hydrogens (tertiary/aromatic N) is 2. The first kappa shape index (κ1) is 11.6. The lowest BCUT2D eigenvalue weighted by Gasteiger charge is -2.27. The van der Waals surface area contributed by atoms with Gasteiger partial charge in [-0.3, -0.25) is 4.68 Å². The van der Waals surface area contributed by atoms with Crippen molar-refractivity contribution in [2.75, 3.05) is 6.54 Å². The van der Waals surface area contributed by atoms with Crippen molar-refractivity contribution in [3.05, 3.63) is 18.5 Å². The summed E-state index contributed by atoms with van der Waals surface area (Å²) in [5.74, 6) is 0.914. The van der Waals surface area contributed by atoms with E-state index in [4.69, 9.17) is 0 Å². The first-order valence-electron chi connectivity index (χ1n) is 6.55. The monoisotopic (exact) mass is 221 g/mol. The molecule has 2 unspecified atom stereocenters. The zero-order chi connectivity index (χ0) is 11.2. The van der Waals surface area contributed by atoms with E-state index >= 15 is 0 Å². The lowest BCUT2D eigenvalue weighted by Crippen LogP contribution is -2.34. The van der Waals surface area contributed by atoms with Crippen molar-refractivity contribution < 1.29 is 0 Å². The molecule has 1 aromatic heterocycles. The van der Waals surface area contributed by atoms with Gasteiger partial charge in [-0.05, 0) is 37.8 Å². The topological polar surface area (TPSA) is 29.9 Å². The summed E-state index contributed by atoms with van der Waals surface area (Å²) in [5, 5.41) is 7.87. The highest BCUT2D eigenvalue weighted by atomic mass is 15.3. The zero-order valence-electron chi connectivity index (χ0n) is 10.2. The molecule has 1 aliphatic carbocycles. The van der Waals surface area contributed by atoms with Crippen molar-refractivity contribution >= 4 is 0 Å². The molecule has 0 bridgehead atoms. The van der Waals surface area contributed by atoms with E-state index in [2.05, 4.69) is 17.3 Å². The predicted octanol–water partition coefficient (Wildman–Crippen LogP) is 2.44. The van der Waals surface area contributed by atoms with Crippen molar-refractivity contribution in [1.29, 1.82) is 0 Å². The standard InChI is InChI=1S/C13H23N3/c1-12-5-2-6-13(11-12)14-7-3-9-16-10-4-8-15-16/h4,8,10,12-14H,2-3,5-7,9,11H2,1H3. The molecule has 3 heteroatoms. The van der Waals surface area contributed by atoms with Crippen molar-refractivity contribution in [3.8, 4) is 0 Å². The molecule has 0 saturated heterocycles. The summed E-state index contributed by atoms with van der Waals surface area (Å²) in [4.78, 5) is 0. The summed E-state index contributed by atoms with van der Waals surface area (Å²) in [6, 6.07) is 2.75. The molecule has 2 rings (SSSR count). The summed E-state index contributed by atoms with van der Waals surface area (Å²) >= 11 is 0. The minimum absolute atomic E-state index is 0.765. The molecule has 3 nitrogen and oxygen atoms in total. The third kappa shape index (κ3) is 3.63. The van der Waals surface area contributed by atoms with Gasteiger partial charge in [-0.1, -0.05) is 19.8 Å². The van der Waals surface area contributed by atoms with Gasteiger partial charge in [0.2, 0.25) is 0 Å². The molecule has 0 aliphatic heterocycles. The Bertz CT molecular complexity index is 281. The molecule has 1 aromatic rings. The normalized spacial score (nSPS) is 25.8. The molecule has 90 valence electrons. The van der Waals surface area contributed by atoms with Gasteiger partial charge in [-0.25, -0.2) is 0 Å². The van der Waals surface area contributed by atoms with Crippen LogP contribution >= 0.6 is 0 Å². The van der Waals surface area contributed by atoms with Crippen LogP contribution in [0, 0.1) is 5.92 Å². The van der Waals surface area contributed by atoms with E-state index in [1.165, 1.54) is 32.1 Å². The quantitative estimate of drug-likeness (QED) is 0.774. The lowest BCUT2D eigenvalue weighted by atomic mass is 9.87. The largest absolute Gasteiger partial charge is 0.314 e. The maximum atomic E-state index is 4.20. The third-order valence-corrected chi connectivity index (χ3v) is 3.49. The molecule has 0 amide bonds. The zero-order valence-corrected chi connectivity index (χ0v) is 10.2. The van der Waals surface area contributed by atoms with Crippen LogP contribution in [0.4, 0.5) is 0 Å².